The van der Waals surface area contributed by atoms with Crippen LogP contribution in [-0.4, -0.2) is 23.1 Å². The molecule has 0 bridgehead atoms. The zero-order valence-electron chi connectivity index (χ0n) is 14.8. The molecule has 0 spiro atoms. The highest BCUT2D eigenvalue weighted by atomic mass is 32.2. The maximum atomic E-state index is 12.9. The van der Waals surface area contributed by atoms with Crippen molar-refractivity contribution in [3.63, 3.8) is 0 Å². The predicted molar refractivity (Wildman–Crippen MR) is 106 cm³/mol. The van der Waals surface area contributed by atoms with E-state index in [1.54, 1.807) is 12.1 Å². The molecule has 1 aliphatic rings. The molecular weight excluding hydrogens is 356 g/mol. The number of hydrogen-bond donors (Lipinski definition) is 0. The zero-order valence-corrected chi connectivity index (χ0v) is 15.6. The number of benzene rings is 2. The Balaban J connectivity index is 1.54. The van der Waals surface area contributed by atoms with Gasteiger partial charge in [0, 0.05) is 31.1 Å². The Morgan fingerprint density at radius 3 is 2.59 bits per heavy atom. The summed E-state index contributed by atoms with van der Waals surface area (Å²) in [4.78, 5) is 14.8. The summed E-state index contributed by atoms with van der Waals surface area (Å²) in [6.07, 6.45) is 1.45. The van der Waals surface area contributed by atoms with Crippen molar-refractivity contribution in [1.82, 2.24) is 4.90 Å². The molecule has 0 N–H and O–H groups in total. The standard InChI is InChI=1S/C22H20N2O2S/c25-21(16-27-22-12-6-7-13-24(22)26)23-14-18-10-4-5-11-19(18)20(15-23)17-8-2-1-3-9-17/h1-13,20H,14-16H2. The third-order valence-electron chi connectivity index (χ3n) is 4.88. The van der Waals surface area contributed by atoms with Gasteiger partial charge in [-0.1, -0.05) is 54.6 Å². The van der Waals surface area contributed by atoms with Crippen LogP contribution in [0.2, 0.25) is 0 Å². The van der Waals surface area contributed by atoms with E-state index in [9.17, 15) is 10.0 Å². The van der Waals surface area contributed by atoms with E-state index in [2.05, 4.69) is 30.3 Å². The Morgan fingerprint density at radius 1 is 1.04 bits per heavy atom. The van der Waals surface area contributed by atoms with Crippen LogP contribution in [-0.2, 0) is 11.3 Å². The number of carbonyl (C=O) groups is 1. The van der Waals surface area contributed by atoms with Gasteiger partial charge in [0.15, 0.2) is 6.20 Å². The van der Waals surface area contributed by atoms with Crippen molar-refractivity contribution in [3.05, 3.63) is 101 Å². The van der Waals surface area contributed by atoms with Gasteiger partial charge >= 0.3 is 0 Å². The molecule has 1 aromatic heterocycles. The summed E-state index contributed by atoms with van der Waals surface area (Å²) in [6, 6.07) is 23.9. The molecule has 5 heteroatoms. The van der Waals surface area contributed by atoms with Gasteiger partial charge < -0.3 is 10.1 Å². The van der Waals surface area contributed by atoms with E-state index in [1.807, 2.05) is 35.2 Å². The van der Waals surface area contributed by atoms with E-state index in [1.165, 1.54) is 34.6 Å². The number of thioether (sulfide) groups is 1. The van der Waals surface area contributed by atoms with Crippen molar-refractivity contribution in [2.75, 3.05) is 12.3 Å². The largest absolute Gasteiger partial charge is 0.618 e. The minimum Gasteiger partial charge on any atom is -0.618 e. The molecular formula is C22H20N2O2S. The minimum atomic E-state index is 0.0549. The lowest BCUT2D eigenvalue weighted by molar-refractivity contribution is -0.645. The second kappa shape index (κ2) is 7.84. The van der Waals surface area contributed by atoms with Gasteiger partial charge in [0.05, 0.1) is 5.75 Å². The molecule has 1 atom stereocenters. The molecule has 0 radical (unpaired) electrons. The number of hydrogen-bond acceptors (Lipinski definition) is 3. The number of rotatable bonds is 4. The first-order valence-electron chi connectivity index (χ1n) is 8.94. The maximum Gasteiger partial charge on any atom is 0.251 e. The van der Waals surface area contributed by atoms with Gasteiger partial charge in [-0.25, -0.2) is 0 Å². The average Bonchev–Trinajstić information content (AvgIpc) is 2.73. The van der Waals surface area contributed by atoms with Crippen molar-refractivity contribution < 1.29 is 9.52 Å². The Kier molecular flexibility index (Phi) is 5.12. The van der Waals surface area contributed by atoms with Crippen LogP contribution in [0.4, 0.5) is 0 Å². The number of carbonyl (C=O) groups excluding carboxylic acids is 1. The van der Waals surface area contributed by atoms with Crippen molar-refractivity contribution in [2.24, 2.45) is 0 Å². The molecule has 0 fully saturated rings. The third kappa shape index (κ3) is 3.83. The lowest BCUT2D eigenvalue weighted by atomic mass is 9.85. The molecule has 1 unspecified atom stereocenters. The monoisotopic (exact) mass is 376 g/mol. The smallest absolute Gasteiger partial charge is 0.251 e. The zero-order chi connectivity index (χ0) is 18.6. The molecule has 27 heavy (non-hydrogen) atoms. The van der Waals surface area contributed by atoms with Gasteiger partial charge in [0.1, 0.15) is 0 Å². The van der Waals surface area contributed by atoms with E-state index in [0.717, 1.165) is 4.73 Å². The van der Waals surface area contributed by atoms with Crippen LogP contribution >= 0.6 is 11.8 Å². The van der Waals surface area contributed by atoms with Gasteiger partial charge in [-0.05, 0) is 34.5 Å². The number of amides is 1. The first kappa shape index (κ1) is 17.6. The van der Waals surface area contributed by atoms with Crippen LogP contribution in [0.15, 0.2) is 84.0 Å². The van der Waals surface area contributed by atoms with Gasteiger partial charge in [0.2, 0.25) is 5.91 Å². The molecule has 0 saturated heterocycles. The van der Waals surface area contributed by atoms with Crippen LogP contribution in [0.1, 0.15) is 22.6 Å². The lowest BCUT2D eigenvalue weighted by Gasteiger charge is -2.35. The number of aromatic nitrogens is 1. The summed E-state index contributed by atoms with van der Waals surface area (Å²) in [7, 11) is 0. The summed E-state index contributed by atoms with van der Waals surface area (Å²) >= 11 is 1.29. The SMILES string of the molecule is O=C(CSc1cccc[n+]1[O-])N1Cc2ccccc2C(c2ccccc2)C1. The predicted octanol–water partition coefficient (Wildman–Crippen LogP) is 3.59. The molecule has 2 heterocycles. The Morgan fingerprint density at radius 2 is 1.78 bits per heavy atom. The number of fused-ring (bicyclic) bond motifs is 1. The first-order chi connectivity index (χ1) is 13.2. The van der Waals surface area contributed by atoms with Crippen LogP contribution in [0, 0.1) is 5.21 Å². The normalized spacial score (nSPS) is 16.0. The van der Waals surface area contributed by atoms with Crippen LogP contribution in [0.25, 0.3) is 0 Å². The van der Waals surface area contributed by atoms with E-state index >= 15 is 0 Å². The second-order valence-electron chi connectivity index (χ2n) is 6.59. The lowest BCUT2D eigenvalue weighted by Crippen LogP contribution is -2.40. The molecule has 1 aliphatic heterocycles. The summed E-state index contributed by atoms with van der Waals surface area (Å²) in [6.45, 7) is 1.28. The molecule has 1 amide bonds. The number of nitrogens with zero attached hydrogens (tertiary/aromatic N) is 2. The van der Waals surface area contributed by atoms with Crippen LogP contribution in [0.3, 0.4) is 0 Å². The Hall–Kier alpha value is -2.79. The fourth-order valence-electron chi connectivity index (χ4n) is 3.52. The van der Waals surface area contributed by atoms with Crippen LogP contribution in [0.5, 0.6) is 0 Å². The van der Waals surface area contributed by atoms with Crippen molar-refractivity contribution >= 4 is 17.7 Å². The highest BCUT2D eigenvalue weighted by Gasteiger charge is 2.29. The number of pyridine rings is 1. The topological polar surface area (TPSA) is 47.2 Å². The van der Waals surface area contributed by atoms with Gasteiger partial charge in [-0.2, -0.15) is 4.73 Å². The minimum absolute atomic E-state index is 0.0549. The molecule has 0 aliphatic carbocycles. The fourth-order valence-corrected chi connectivity index (χ4v) is 4.34. The highest BCUT2D eigenvalue weighted by Crippen LogP contribution is 2.33. The molecule has 4 nitrogen and oxygen atoms in total. The van der Waals surface area contributed by atoms with E-state index in [-0.39, 0.29) is 17.6 Å². The highest BCUT2D eigenvalue weighted by molar-refractivity contribution is 7.99. The van der Waals surface area contributed by atoms with Gasteiger partial charge in [0.25, 0.3) is 5.03 Å². The third-order valence-corrected chi connectivity index (χ3v) is 5.88. The molecule has 4 rings (SSSR count). The summed E-state index contributed by atoms with van der Waals surface area (Å²) in [5.41, 5.74) is 3.70. The van der Waals surface area contributed by atoms with Crippen molar-refractivity contribution in [3.8, 4) is 0 Å². The fraction of sp³-hybridized carbons (Fsp3) is 0.182. The average molecular weight is 376 g/mol. The van der Waals surface area contributed by atoms with Gasteiger partial charge in [-0.3, -0.25) is 4.79 Å². The quantitative estimate of drug-likeness (QED) is 0.397. The van der Waals surface area contributed by atoms with Gasteiger partial charge in [-0.15, -0.1) is 0 Å². The molecule has 136 valence electrons. The summed E-state index contributed by atoms with van der Waals surface area (Å²) in [5, 5.41) is 12.3. The van der Waals surface area contributed by atoms with E-state index in [4.69, 9.17) is 0 Å². The maximum absolute atomic E-state index is 12.9. The van der Waals surface area contributed by atoms with Crippen LogP contribution < -0.4 is 4.73 Å². The first-order valence-corrected chi connectivity index (χ1v) is 9.92. The molecule has 0 saturated carbocycles. The van der Waals surface area contributed by atoms with E-state index in [0.29, 0.717) is 18.1 Å². The van der Waals surface area contributed by atoms with Crippen molar-refractivity contribution in [1.29, 1.82) is 0 Å². The molecule has 2 aromatic carbocycles. The summed E-state index contributed by atoms with van der Waals surface area (Å²) < 4.78 is 0.802. The van der Waals surface area contributed by atoms with E-state index < -0.39 is 0 Å². The van der Waals surface area contributed by atoms with Crippen molar-refractivity contribution in [2.45, 2.75) is 17.5 Å². The Bertz CT molecular complexity index is 946. The molecule has 3 aromatic rings. The summed E-state index contributed by atoms with van der Waals surface area (Å²) in [5.74, 6) is 0.487. The Labute approximate surface area is 163 Å². The second-order valence-corrected chi connectivity index (χ2v) is 7.59.